The normalized spacial score (nSPS) is 20.8. The number of rotatable bonds is 6. The first-order chi connectivity index (χ1) is 12.7. The second kappa shape index (κ2) is 7.90. The molecule has 2 aliphatic heterocycles. The Hall–Kier alpha value is -1.70. The Labute approximate surface area is 157 Å². The molecule has 0 radical (unpaired) electrons. The van der Waals surface area contributed by atoms with Crippen molar-refractivity contribution in [1.29, 1.82) is 0 Å². The molecule has 1 N–H and O–H groups in total. The van der Waals surface area contributed by atoms with E-state index in [9.17, 15) is 4.79 Å². The lowest BCUT2D eigenvalue weighted by atomic mass is 10.2. The van der Waals surface area contributed by atoms with E-state index in [2.05, 4.69) is 32.9 Å². The fourth-order valence-electron chi connectivity index (χ4n) is 3.76. The van der Waals surface area contributed by atoms with Gasteiger partial charge in [-0.1, -0.05) is 0 Å². The Morgan fingerprint density at radius 2 is 2.27 bits per heavy atom. The fourth-order valence-corrected chi connectivity index (χ4v) is 4.89. The lowest BCUT2D eigenvalue weighted by Crippen LogP contribution is -2.22. The van der Waals surface area contributed by atoms with Gasteiger partial charge in [-0.05, 0) is 37.5 Å². The third-order valence-electron chi connectivity index (χ3n) is 5.05. The van der Waals surface area contributed by atoms with Crippen LogP contribution >= 0.6 is 11.3 Å². The van der Waals surface area contributed by atoms with Gasteiger partial charge in [-0.25, -0.2) is 0 Å². The molecule has 0 amide bonds. The Bertz CT molecular complexity index is 764. The average Bonchev–Trinajstić information content (AvgIpc) is 3.33. The molecule has 26 heavy (non-hydrogen) atoms. The van der Waals surface area contributed by atoms with E-state index in [4.69, 9.17) is 9.84 Å². The topological polar surface area (TPSA) is 67.6 Å². The van der Waals surface area contributed by atoms with Gasteiger partial charge in [0.1, 0.15) is 0 Å². The van der Waals surface area contributed by atoms with Gasteiger partial charge < -0.3 is 9.84 Å². The fraction of sp³-hybridized carbons (Fsp3) is 0.579. The molecule has 6 nitrogen and oxygen atoms in total. The molecule has 1 atom stereocenters. The van der Waals surface area contributed by atoms with Crippen LogP contribution in [0.5, 0.6) is 0 Å². The van der Waals surface area contributed by atoms with Crippen LogP contribution in [0.25, 0.3) is 0 Å². The molecule has 0 aliphatic carbocycles. The molecule has 140 valence electrons. The molecule has 0 unspecified atom stereocenters. The summed E-state index contributed by atoms with van der Waals surface area (Å²) >= 11 is 1.87. The summed E-state index contributed by atoms with van der Waals surface area (Å²) in [6.07, 6.45) is 4.32. The Morgan fingerprint density at radius 3 is 3.08 bits per heavy atom. The molecule has 2 aliphatic rings. The average molecular weight is 375 g/mol. The van der Waals surface area contributed by atoms with Gasteiger partial charge in [-0.15, -0.1) is 11.3 Å². The molecule has 0 saturated carbocycles. The lowest BCUT2D eigenvalue weighted by molar-refractivity contribution is -0.136. The highest BCUT2D eigenvalue weighted by atomic mass is 32.1. The number of carboxylic acids is 1. The van der Waals surface area contributed by atoms with Gasteiger partial charge in [0.2, 0.25) is 0 Å². The molecule has 7 heteroatoms. The maximum absolute atomic E-state index is 10.8. The molecule has 1 fully saturated rings. The Morgan fingerprint density at radius 1 is 1.35 bits per heavy atom. The molecule has 2 aromatic heterocycles. The minimum Gasteiger partial charge on any atom is -0.481 e. The number of hydrogen-bond acceptors (Lipinski definition) is 5. The summed E-state index contributed by atoms with van der Waals surface area (Å²) in [5.74, 6) is -0.769. The SMILES string of the molecule is O=C(O)CCc1cc2n(n1)CCCN(Cc1ccc([C@@H]3CCCO3)s1)C2. The molecule has 0 bridgehead atoms. The number of aryl methyl sites for hydroxylation is 2. The van der Waals surface area contributed by atoms with Crippen molar-refractivity contribution in [3.05, 3.63) is 39.3 Å². The number of nitrogens with zero attached hydrogens (tertiary/aromatic N) is 3. The van der Waals surface area contributed by atoms with E-state index in [-0.39, 0.29) is 6.42 Å². The highest BCUT2D eigenvalue weighted by Crippen LogP contribution is 2.34. The summed E-state index contributed by atoms with van der Waals surface area (Å²) in [7, 11) is 0. The maximum atomic E-state index is 10.8. The first-order valence-corrected chi connectivity index (χ1v) is 10.2. The zero-order chi connectivity index (χ0) is 17.9. The van der Waals surface area contributed by atoms with Crippen LogP contribution < -0.4 is 0 Å². The molecule has 2 aromatic rings. The minimum atomic E-state index is -0.769. The van der Waals surface area contributed by atoms with E-state index in [0.717, 1.165) is 57.7 Å². The van der Waals surface area contributed by atoms with Crippen LogP contribution in [0.1, 0.15) is 52.9 Å². The molecule has 0 aromatic carbocycles. The van der Waals surface area contributed by atoms with E-state index in [0.29, 0.717) is 12.5 Å². The number of carboxylic acid groups (broad SMARTS) is 1. The molecule has 1 saturated heterocycles. The number of ether oxygens (including phenoxy) is 1. The number of carbonyl (C=O) groups is 1. The van der Waals surface area contributed by atoms with Crippen molar-refractivity contribution < 1.29 is 14.6 Å². The monoisotopic (exact) mass is 375 g/mol. The quantitative estimate of drug-likeness (QED) is 0.840. The minimum absolute atomic E-state index is 0.140. The van der Waals surface area contributed by atoms with E-state index in [1.54, 1.807) is 0 Å². The van der Waals surface area contributed by atoms with Gasteiger partial charge in [0.05, 0.1) is 23.9 Å². The van der Waals surface area contributed by atoms with Crippen LogP contribution in [-0.4, -0.2) is 38.9 Å². The zero-order valence-electron chi connectivity index (χ0n) is 14.9. The molecule has 4 heterocycles. The van der Waals surface area contributed by atoms with Crippen LogP contribution in [0.2, 0.25) is 0 Å². The van der Waals surface area contributed by atoms with Crippen LogP contribution in [0.15, 0.2) is 18.2 Å². The predicted octanol–water partition coefficient (Wildman–Crippen LogP) is 3.22. The van der Waals surface area contributed by atoms with Crippen LogP contribution in [0, 0.1) is 0 Å². The smallest absolute Gasteiger partial charge is 0.303 e. The predicted molar refractivity (Wildman–Crippen MR) is 99.2 cm³/mol. The van der Waals surface area contributed by atoms with Crippen molar-refractivity contribution >= 4 is 17.3 Å². The van der Waals surface area contributed by atoms with Gasteiger partial charge in [0, 0.05) is 49.0 Å². The molecular weight excluding hydrogens is 350 g/mol. The standard InChI is InChI=1S/C19H25N3O3S/c23-19(24)7-4-14-11-15-12-21(8-2-9-22(15)20-14)13-16-5-6-18(26-16)17-3-1-10-25-17/h5-6,11,17H,1-4,7-10,12-13H2,(H,23,24)/t17-/m0/s1. The second-order valence-electron chi connectivity index (χ2n) is 7.11. The van der Waals surface area contributed by atoms with Crippen molar-refractivity contribution in [3.63, 3.8) is 0 Å². The highest BCUT2D eigenvalue weighted by molar-refractivity contribution is 7.12. The molecular formula is C19H25N3O3S. The van der Waals surface area contributed by atoms with E-state index >= 15 is 0 Å². The second-order valence-corrected chi connectivity index (χ2v) is 8.31. The van der Waals surface area contributed by atoms with Gasteiger partial charge in [0.25, 0.3) is 0 Å². The first-order valence-electron chi connectivity index (χ1n) is 9.37. The van der Waals surface area contributed by atoms with Crippen molar-refractivity contribution in [2.45, 2.75) is 57.8 Å². The lowest BCUT2D eigenvalue weighted by Gasteiger charge is -2.18. The van der Waals surface area contributed by atoms with E-state index in [1.165, 1.54) is 15.4 Å². The number of aliphatic carboxylic acids is 1. The number of aromatic nitrogens is 2. The molecule has 4 rings (SSSR count). The summed E-state index contributed by atoms with van der Waals surface area (Å²) in [4.78, 5) is 16.0. The third-order valence-corrected chi connectivity index (χ3v) is 6.21. The number of fused-ring (bicyclic) bond motifs is 1. The number of hydrogen-bond donors (Lipinski definition) is 1. The molecule has 0 spiro atoms. The van der Waals surface area contributed by atoms with Gasteiger partial charge in [-0.2, -0.15) is 5.10 Å². The van der Waals surface area contributed by atoms with E-state index < -0.39 is 5.97 Å². The summed E-state index contributed by atoms with van der Waals surface area (Å²) in [6.45, 7) is 4.67. The van der Waals surface area contributed by atoms with Crippen LogP contribution in [-0.2, 0) is 35.6 Å². The Balaban J connectivity index is 1.39. The summed E-state index contributed by atoms with van der Waals surface area (Å²) < 4.78 is 7.85. The van der Waals surface area contributed by atoms with Crippen molar-refractivity contribution in [2.75, 3.05) is 13.2 Å². The van der Waals surface area contributed by atoms with Crippen LogP contribution in [0.3, 0.4) is 0 Å². The first kappa shape index (κ1) is 17.7. The highest BCUT2D eigenvalue weighted by Gasteiger charge is 2.21. The summed E-state index contributed by atoms with van der Waals surface area (Å²) in [5.41, 5.74) is 2.08. The Kier molecular flexibility index (Phi) is 5.38. The van der Waals surface area contributed by atoms with Crippen LogP contribution in [0.4, 0.5) is 0 Å². The summed E-state index contributed by atoms with van der Waals surface area (Å²) in [5, 5.41) is 13.5. The summed E-state index contributed by atoms with van der Waals surface area (Å²) in [6, 6.07) is 6.54. The van der Waals surface area contributed by atoms with Crippen molar-refractivity contribution in [1.82, 2.24) is 14.7 Å². The van der Waals surface area contributed by atoms with Gasteiger partial charge in [0.15, 0.2) is 0 Å². The van der Waals surface area contributed by atoms with Crippen molar-refractivity contribution in [3.8, 4) is 0 Å². The van der Waals surface area contributed by atoms with E-state index in [1.807, 2.05) is 11.3 Å². The van der Waals surface area contributed by atoms with Gasteiger partial charge in [-0.3, -0.25) is 14.4 Å². The zero-order valence-corrected chi connectivity index (χ0v) is 15.7. The number of thiophene rings is 1. The largest absolute Gasteiger partial charge is 0.481 e. The maximum Gasteiger partial charge on any atom is 0.303 e. The third kappa shape index (κ3) is 4.16. The van der Waals surface area contributed by atoms with Crippen molar-refractivity contribution in [2.24, 2.45) is 0 Å². The van der Waals surface area contributed by atoms with Gasteiger partial charge >= 0.3 is 5.97 Å².